The molecule has 2 N–H and O–H groups in total. The second kappa shape index (κ2) is 7.55. The molecule has 1 aromatic rings. The van der Waals surface area contributed by atoms with Crippen molar-refractivity contribution in [3.8, 4) is 5.75 Å². The highest BCUT2D eigenvalue weighted by Crippen LogP contribution is 2.34. The Morgan fingerprint density at radius 1 is 1.42 bits per heavy atom. The number of hydrogen-bond acceptors (Lipinski definition) is 3. The number of benzene rings is 1. The summed E-state index contributed by atoms with van der Waals surface area (Å²) in [5.41, 5.74) is 1.24. The summed E-state index contributed by atoms with van der Waals surface area (Å²) in [5, 5.41) is 12.1. The molecule has 104 valence electrons. The first-order valence-corrected chi connectivity index (χ1v) is 7.27. The maximum Gasteiger partial charge on any atom is 0.331 e. The number of hydrogen-bond donors (Lipinski definition) is 2. The molecule has 6 heteroatoms. The molecular weight excluding hydrogens is 378 g/mol. The maximum atomic E-state index is 10.9. The molecule has 0 atom stereocenters. The number of carboxylic acid groups (broad SMARTS) is 1. The van der Waals surface area contributed by atoms with Gasteiger partial charge in [0.25, 0.3) is 0 Å². The Bertz CT molecular complexity index is 501. The summed E-state index contributed by atoms with van der Waals surface area (Å²) in [6.45, 7) is 2.26. The van der Waals surface area contributed by atoms with Gasteiger partial charge in [0.05, 0.1) is 17.3 Å². The molecule has 0 aromatic heterocycles. The predicted octanol–water partition coefficient (Wildman–Crippen LogP) is 4.05. The Morgan fingerprint density at radius 2 is 2.11 bits per heavy atom. The fraction of sp³-hybridized carbons (Fsp3) is 0.308. The fourth-order valence-electron chi connectivity index (χ4n) is 1.49. The Balaban J connectivity index is 2.81. The van der Waals surface area contributed by atoms with Crippen LogP contribution in [0.1, 0.15) is 13.3 Å². The molecule has 0 saturated heterocycles. The lowest BCUT2D eigenvalue weighted by atomic mass is 10.2. The average Bonchev–Trinajstić information content (AvgIpc) is 2.36. The van der Waals surface area contributed by atoms with E-state index in [1.165, 1.54) is 0 Å². The molecule has 0 heterocycles. The van der Waals surface area contributed by atoms with Gasteiger partial charge in [-0.25, -0.2) is 4.79 Å². The normalized spacial score (nSPS) is 11.3. The van der Waals surface area contributed by atoms with Crippen molar-refractivity contribution in [3.05, 3.63) is 32.7 Å². The second-order valence-electron chi connectivity index (χ2n) is 3.74. The molecule has 0 spiro atoms. The topological polar surface area (TPSA) is 58.6 Å². The molecule has 0 unspecified atom stereocenters. The van der Waals surface area contributed by atoms with Gasteiger partial charge in [-0.2, -0.15) is 0 Å². The molecule has 4 nitrogen and oxygen atoms in total. The first kappa shape index (κ1) is 16.0. The van der Waals surface area contributed by atoms with Crippen LogP contribution >= 0.6 is 31.9 Å². The maximum absolute atomic E-state index is 10.9. The standard InChI is InChI=1S/C13H15Br2NO3/c1-3-8(13(17)18)4-5-16-11-7-12(19-2)10(15)6-9(11)14/h4,6-7,16H,3,5H2,1-2H3,(H,17,18)/b8-4-. The van der Waals surface area contributed by atoms with Crippen molar-refractivity contribution >= 4 is 43.5 Å². The zero-order chi connectivity index (χ0) is 14.4. The van der Waals surface area contributed by atoms with Crippen molar-refractivity contribution in [2.24, 2.45) is 0 Å². The van der Waals surface area contributed by atoms with Crippen LogP contribution in [0, 0.1) is 0 Å². The van der Waals surface area contributed by atoms with Crippen LogP contribution in [0.5, 0.6) is 5.75 Å². The molecule has 0 bridgehead atoms. The molecule has 0 radical (unpaired) electrons. The summed E-state index contributed by atoms with van der Waals surface area (Å²) in [4.78, 5) is 10.9. The number of ether oxygens (including phenoxy) is 1. The minimum Gasteiger partial charge on any atom is -0.495 e. The number of carbonyl (C=O) groups is 1. The van der Waals surface area contributed by atoms with Crippen LogP contribution in [0.15, 0.2) is 32.7 Å². The molecule has 0 saturated carbocycles. The summed E-state index contributed by atoms with van der Waals surface area (Å²) in [5.74, 6) is -0.166. The minimum atomic E-state index is -0.878. The molecule has 1 aromatic carbocycles. The highest BCUT2D eigenvalue weighted by molar-refractivity contribution is 9.11. The first-order valence-electron chi connectivity index (χ1n) is 5.68. The van der Waals surface area contributed by atoms with E-state index in [1.807, 2.05) is 19.1 Å². The largest absolute Gasteiger partial charge is 0.495 e. The average molecular weight is 393 g/mol. The van der Waals surface area contributed by atoms with Gasteiger partial charge in [-0.3, -0.25) is 0 Å². The first-order chi connectivity index (χ1) is 8.99. The van der Waals surface area contributed by atoms with Crippen LogP contribution < -0.4 is 10.1 Å². The lowest BCUT2D eigenvalue weighted by Crippen LogP contribution is -2.05. The number of nitrogens with one attached hydrogen (secondary N) is 1. The van der Waals surface area contributed by atoms with Crippen molar-refractivity contribution in [1.29, 1.82) is 0 Å². The highest BCUT2D eigenvalue weighted by atomic mass is 79.9. The monoisotopic (exact) mass is 391 g/mol. The van der Waals surface area contributed by atoms with Crippen molar-refractivity contribution in [1.82, 2.24) is 0 Å². The summed E-state index contributed by atoms with van der Waals surface area (Å²) < 4.78 is 6.94. The van der Waals surface area contributed by atoms with Crippen LogP contribution in [-0.2, 0) is 4.79 Å². The molecule has 19 heavy (non-hydrogen) atoms. The number of rotatable bonds is 6. The lowest BCUT2D eigenvalue weighted by Gasteiger charge is -2.11. The van der Waals surface area contributed by atoms with E-state index in [9.17, 15) is 4.79 Å². The summed E-state index contributed by atoms with van der Waals surface area (Å²) in [7, 11) is 1.59. The SMILES string of the molecule is CC/C(=C/CNc1cc(OC)c(Br)cc1Br)C(=O)O. The molecule has 0 aliphatic rings. The molecule has 1 rings (SSSR count). The third kappa shape index (κ3) is 4.54. The van der Waals surface area contributed by atoms with Crippen molar-refractivity contribution < 1.29 is 14.6 Å². The van der Waals surface area contributed by atoms with Crippen LogP contribution in [-0.4, -0.2) is 24.7 Å². The lowest BCUT2D eigenvalue weighted by molar-refractivity contribution is -0.132. The Morgan fingerprint density at radius 3 is 2.63 bits per heavy atom. The summed E-state index contributed by atoms with van der Waals surface area (Å²) >= 11 is 6.83. The Hall–Kier alpha value is -1.01. The number of anilines is 1. The molecule has 0 aliphatic carbocycles. The smallest absolute Gasteiger partial charge is 0.331 e. The van der Waals surface area contributed by atoms with Crippen molar-refractivity contribution in [2.45, 2.75) is 13.3 Å². The van der Waals surface area contributed by atoms with Crippen molar-refractivity contribution in [3.63, 3.8) is 0 Å². The van der Waals surface area contributed by atoms with E-state index < -0.39 is 5.97 Å². The van der Waals surface area contributed by atoms with Gasteiger partial charge in [0.1, 0.15) is 5.75 Å². The summed E-state index contributed by atoms with van der Waals surface area (Å²) in [6.07, 6.45) is 2.17. The number of carboxylic acids is 1. The minimum absolute atomic E-state index is 0.396. The zero-order valence-corrected chi connectivity index (χ0v) is 13.8. The van der Waals surface area contributed by atoms with Gasteiger partial charge in [-0.05, 0) is 44.3 Å². The second-order valence-corrected chi connectivity index (χ2v) is 5.44. The zero-order valence-electron chi connectivity index (χ0n) is 10.7. The number of halogens is 2. The van der Waals surface area contributed by atoms with E-state index in [2.05, 4.69) is 37.2 Å². The van der Waals surface area contributed by atoms with E-state index in [-0.39, 0.29) is 0 Å². The van der Waals surface area contributed by atoms with Crippen LogP contribution in [0.2, 0.25) is 0 Å². The van der Waals surface area contributed by atoms with Crippen LogP contribution in [0.3, 0.4) is 0 Å². The molecule has 0 amide bonds. The van der Waals surface area contributed by atoms with Gasteiger partial charge in [0.15, 0.2) is 0 Å². The molecular formula is C13H15Br2NO3. The quantitative estimate of drug-likeness (QED) is 0.717. The van der Waals surface area contributed by atoms with Crippen LogP contribution in [0.25, 0.3) is 0 Å². The van der Waals surface area contributed by atoms with Gasteiger partial charge in [-0.15, -0.1) is 0 Å². The van der Waals surface area contributed by atoms with Gasteiger partial charge >= 0.3 is 5.97 Å². The predicted molar refractivity (Wildman–Crippen MR) is 82.9 cm³/mol. The van der Waals surface area contributed by atoms with Gasteiger partial charge in [0, 0.05) is 22.7 Å². The Kier molecular flexibility index (Phi) is 6.37. The fourth-order valence-corrected chi connectivity index (χ4v) is 2.78. The highest BCUT2D eigenvalue weighted by Gasteiger charge is 2.07. The van der Waals surface area contributed by atoms with E-state index in [0.717, 1.165) is 14.6 Å². The van der Waals surface area contributed by atoms with Crippen LogP contribution in [0.4, 0.5) is 5.69 Å². The van der Waals surface area contributed by atoms with E-state index in [1.54, 1.807) is 13.2 Å². The third-order valence-corrected chi connectivity index (χ3v) is 3.81. The molecule has 0 aliphatic heterocycles. The number of aliphatic carboxylic acids is 1. The van der Waals surface area contributed by atoms with E-state index >= 15 is 0 Å². The third-order valence-electron chi connectivity index (χ3n) is 2.54. The van der Waals surface area contributed by atoms with E-state index in [4.69, 9.17) is 9.84 Å². The Labute approximate surface area is 129 Å². The van der Waals surface area contributed by atoms with Gasteiger partial charge in [-0.1, -0.05) is 13.0 Å². The number of methoxy groups -OCH3 is 1. The summed E-state index contributed by atoms with van der Waals surface area (Å²) in [6, 6.07) is 3.72. The molecule has 0 fully saturated rings. The van der Waals surface area contributed by atoms with E-state index in [0.29, 0.717) is 24.3 Å². The van der Waals surface area contributed by atoms with Crippen molar-refractivity contribution in [2.75, 3.05) is 19.0 Å². The van der Waals surface area contributed by atoms with Gasteiger partial charge in [0.2, 0.25) is 0 Å². The van der Waals surface area contributed by atoms with Gasteiger partial charge < -0.3 is 15.2 Å².